The normalized spacial score (nSPS) is 27.2. The Morgan fingerprint density at radius 2 is 2.17 bits per heavy atom. The first-order chi connectivity index (χ1) is 11.2. The summed E-state index contributed by atoms with van der Waals surface area (Å²) in [4.78, 5) is 27.3. The second-order valence-electron chi connectivity index (χ2n) is 6.44. The van der Waals surface area contributed by atoms with E-state index in [4.69, 9.17) is 4.74 Å². The van der Waals surface area contributed by atoms with Gasteiger partial charge in [0.15, 0.2) is 0 Å². The van der Waals surface area contributed by atoms with Crippen LogP contribution in [-0.4, -0.2) is 36.0 Å². The molecule has 1 amide bonds. The number of nitrogens with zero attached hydrogens (tertiary/aromatic N) is 1. The molecule has 0 N–H and O–H groups in total. The molecule has 2 aliphatic rings. The number of allylic oxidation sites excluding steroid dienone is 2. The summed E-state index contributed by atoms with van der Waals surface area (Å²) in [6.07, 6.45) is 7.95. The molecular formula is C18H23NO3S. The number of thiophene rings is 1. The van der Waals surface area contributed by atoms with Gasteiger partial charge in [-0.05, 0) is 49.0 Å². The maximum Gasteiger partial charge on any atom is 0.328 e. The Morgan fingerprint density at radius 3 is 2.91 bits per heavy atom. The first-order valence-corrected chi connectivity index (χ1v) is 9.21. The number of esters is 1. The summed E-state index contributed by atoms with van der Waals surface area (Å²) in [6.45, 7) is 3.30. The summed E-state index contributed by atoms with van der Waals surface area (Å²) in [6, 6.07) is 3.25. The minimum Gasteiger partial charge on any atom is -0.464 e. The van der Waals surface area contributed by atoms with Crippen molar-refractivity contribution in [1.82, 2.24) is 4.90 Å². The summed E-state index contributed by atoms with van der Waals surface area (Å²) in [7, 11) is 0. The van der Waals surface area contributed by atoms with Crippen LogP contribution in [0.3, 0.4) is 0 Å². The van der Waals surface area contributed by atoms with E-state index in [0.717, 1.165) is 19.3 Å². The molecule has 5 heteroatoms. The van der Waals surface area contributed by atoms with E-state index in [-0.39, 0.29) is 11.9 Å². The highest BCUT2D eigenvalue weighted by Crippen LogP contribution is 2.27. The summed E-state index contributed by atoms with van der Waals surface area (Å²) in [5, 5.41) is 1.88. The summed E-state index contributed by atoms with van der Waals surface area (Å²) in [5.41, 5.74) is 0. The van der Waals surface area contributed by atoms with Gasteiger partial charge < -0.3 is 9.64 Å². The molecule has 124 valence electrons. The summed E-state index contributed by atoms with van der Waals surface area (Å²) in [5.74, 6) is 0.648. The molecule has 0 aromatic carbocycles. The van der Waals surface area contributed by atoms with Gasteiger partial charge in [-0.1, -0.05) is 25.1 Å². The number of carbonyl (C=O) groups excluding carboxylic acids is 2. The fourth-order valence-electron chi connectivity index (χ4n) is 3.32. The van der Waals surface area contributed by atoms with Crippen molar-refractivity contribution < 1.29 is 14.3 Å². The van der Waals surface area contributed by atoms with E-state index in [1.54, 1.807) is 4.90 Å². The topological polar surface area (TPSA) is 46.6 Å². The van der Waals surface area contributed by atoms with Gasteiger partial charge in [-0.25, -0.2) is 4.79 Å². The zero-order valence-electron chi connectivity index (χ0n) is 13.4. The average molecular weight is 333 g/mol. The van der Waals surface area contributed by atoms with Crippen molar-refractivity contribution >= 4 is 23.2 Å². The van der Waals surface area contributed by atoms with Crippen molar-refractivity contribution in [2.75, 3.05) is 13.2 Å². The zero-order chi connectivity index (χ0) is 16.2. The highest BCUT2D eigenvalue weighted by molar-refractivity contribution is 7.12. The Hall–Kier alpha value is -1.62. The molecule has 4 nitrogen and oxygen atoms in total. The molecule has 1 aromatic rings. The lowest BCUT2D eigenvalue weighted by Gasteiger charge is -2.27. The van der Waals surface area contributed by atoms with Crippen molar-refractivity contribution in [1.29, 1.82) is 0 Å². The van der Waals surface area contributed by atoms with Gasteiger partial charge >= 0.3 is 5.97 Å². The SMILES string of the molecule is CC1CC=CCC1COC(=O)C1CCCN1C(=O)c1cccs1. The molecule has 0 radical (unpaired) electrons. The molecule has 3 atom stereocenters. The zero-order valence-corrected chi connectivity index (χ0v) is 14.3. The molecule has 1 fully saturated rings. The predicted molar refractivity (Wildman–Crippen MR) is 90.4 cm³/mol. The molecule has 2 heterocycles. The fourth-order valence-corrected chi connectivity index (χ4v) is 4.00. The third kappa shape index (κ3) is 3.66. The number of hydrogen-bond acceptors (Lipinski definition) is 4. The van der Waals surface area contributed by atoms with Crippen molar-refractivity contribution in [2.45, 2.75) is 38.6 Å². The number of hydrogen-bond donors (Lipinski definition) is 0. The van der Waals surface area contributed by atoms with Crippen molar-refractivity contribution in [3.8, 4) is 0 Å². The van der Waals surface area contributed by atoms with Gasteiger partial charge in [0, 0.05) is 6.54 Å². The monoisotopic (exact) mass is 333 g/mol. The Labute approximate surface area is 141 Å². The van der Waals surface area contributed by atoms with Gasteiger partial charge in [0.25, 0.3) is 5.91 Å². The van der Waals surface area contributed by atoms with Crippen LogP contribution in [0.2, 0.25) is 0 Å². The smallest absolute Gasteiger partial charge is 0.328 e. The number of carbonyl (C=O) groups is 2. The lowest BCUT2D eigenvalue weighted by atomic mass is 9.85. The molecule has 0 spiro atoms. The van der Waals surface area contributed by atoms with Gasteiger partial charge in [0.2, 0.25) is 0 Å². The number of amides is 1. The molecule has 0 saturated carbocycles. The van der Waals surface area contributed by atoms with Crippen LogP contribution in [-0.2, 0) is 9.53 Å². The quantitative estimate of drug-likeness (QED) is 0.626. The number of likely N-dealkylation sites (tertiary alicyclic amines) is 1. The van der Waals surface area contributed by atoms with Gasteiger partial charge in [-0.2, -0.15) is 0 Å². The summed E-state index contributed by atoms with van der Waals surface area (Å²) >= 11 is 1.42. The van der Waals surface area contributed by atoms with E-state index in [1.165, 1.54) is 11.3 Å². The van der Waals surface area contributed by atoms with Gasteiger partial charge in [0.1, 0.15) is 6.04 Å². The van der Waals surface area contributed by atoms with Crippen molar-refractivity contribution in [3.05, 3.63) is 34.5 Å². The Bertz CT molecular complexity index is 581. The average Bonchev–Trinajstić information content (AvgIpc) is 3.24. The second-order valence-corrected chi connectivity index (χ2v) is 7.39. The van der Waals surface area contributed by atoms with Gasteiger partial charge in [0.05, 0.1) is 11.5 Å². The Balaban J connectivity index is 1.58. The molecular weight excluding hydrogens is 310 g/mol. The minimum absolute atomic E-state index is 0.0478. The van der Waals surface area contributed by atoms with Crippen LogP contribution in [0.25, 0.3) is 0 Å². The predicted octanol–water partition coefficient (Wildman–Crippen LogP) is 3.50. The van der Waals surface area contributed by atoms with Crippen LogP contribution < -0.4 is 0 Å². The van der Waals surface area contributed by atoms with Crippen LogP contribution in [0, 0.1) is 11.8 Å². The first kappa shape index (κ1) is 16.2. The van der Waals surface area contributed by atoms with Crippen LogP contribution in [0.15, 0.2) is 29.7 Å². The molecule has 3 unspecified atom stereocenters. The third-order valence-corrected chi connectivity index (χ3v) is 5.73. The van der Waals surface area contributed by atoms with Crippen LogP contribution >= 0.6 is 11.3 Å². The summed E-state index contributed by atoms with van der Waals surface area (Å²) < 4.78 is 5.57. The third-order valence-electron chi connectivity index (χ3n) is 4.88. The van der Waals surface area contributed by atoms with E-state index in [1.807, 2.05) is 17.5 Å². The molecule has 1 saturated heterocycles. The van der Waals surface area contributed by atoms with E-state index in [9.17, 15) is 9.59 Å². The first-order valence-electron chi connectivity index (χ1n) is 8.33. The highest BCUT2D eigenvalue weighted by atomic mass is 32.1. The lowest BCUT2D eigenvalue weighted by molar-refractivity contribution is -0.150. The minimum atomic E-state index is -0.418. The molecule has 0 bridgehead atoms. The number of ether oxygens (including phenoxy) is 1. The van der Waals surface area contributed by atoms with Crippen LogP contribution in [0.5, 0.6) is 0 Å². The van der Waals surface area contributed by atoms with Gasteiger partial charge in [-0.3, -0.25) is 4.79 Å². The van der Waals surface area contributed by atoms with E-state index in [2.05, 4.69) is 19.1 Å². The Morgan fingerprint density at radius 1 is 1.35 bits per heavy atom. The Kier molecular flexibility index (Phi) is 5.16. The molecule has 1 aliphatic carbocycles. The molecule has 1 aliphatic heterocycles. The largest absolute Gasteiger partial charge is 0.464 e. The van der Waals surface area contributed by atoms with Crippen LogP contribution in [0.4, 0.5) is 0 Å². The van der Waals surface area contributed by atoms with Crippen LogP contribution in [0.1, 0.15) is 42.3 Å². The van der Waals surface area contributed by atoms with E-state index < -0.39 is 6.04 Å². The second kappa shape index (κ2) is 7.30. The standard InChI is InChI=1S/C18H23NO3S/c1-13-6-2-3-7-14(13)12-22-18(21)15-8-4-10-19(15)17(20)16-9-5-11-23-16/h2-3,5,9,11,13-15H,4,6-8,10,12H2,1H3. The maximum atomic E-state index is 12.5. The molecule has 1 aromatic heterocycles. The fraction of sp³-hybridized carbons (Fsp3) is 0.556. The van der Waals surface area contributed by atoms with E-state index >= 15 is 0 Å². The maximum absolute atomic E-state index is 12.5. The molecule has 3 rings (SSSR count). The van der Waals surface area contributed by atoms with Crippen molar-refractivity contribution in [2.24, 2.45) is 11.8 Å². The van der Waals surface area contributed by atoms with Gasteiger partial charge in [-0.15, -0.1) is 11.3 Å². The lowest BCUT2D eigenvalue weighted by Crippen LogP contribution is -2.41. The highest BCUT2D eigenvalue weighted by Gasteiger charge is 2.36. The molecule has 23 heavy (non-hydrogen) atoms. The number of rotatable bonds is 4. The van der Waals surface area contributed by atoms with Crippen molar-refractivity contribution in [3.63, 3.8) is 0 Å². The van der Waals surface area contributed by atoms with E-state index in [0.29, 0.717) is 36.3 Å².